The van der Waals surface area contributed by atoms with Gasteiger partial charge in [-0.15, -0.1) is 11.3 Å². The summed E-state index contributed by atoms with van der Waals surface area (Å²) in [5.41, 5.74) is 2.36. The lowest BCUT2D eigenvalue weighted by atomic mass is 9.92. The fraction of sp³-hybridized carbons (Fsp3) is 0.333. The number of carbonyl (C=O) groups excluding carboxylic acids is 1. The molecule has 3 aromatic heterocycles. The molecular formula is C24H26N2O3S. The molecule has 1 aromatic carbocycles. The average Bonchev–Trinajstić information content (AvgIpc) is 3.28. The van der Waals surface area contributed by atoms with Crippen molar-refractivity contribution in [1.29, 1.82) is 0 Å². The summed E-state index contributed by atoms with van der Waals surface area (Å²) in [6.45, 7) is 9.08. The number of benzene rings is 1. The lowest BCUT2D eigenvalue weighted by Gasteiger charge is -2.23. The summed E-state index contributed by atoms with van der Waals surface area (Å²) >= 11 is 1.60. The van der Waals surface area contributed by atoms with E-state index in [1.54, 1.807) is 22.4 Å². The molecule has 1 amide bonds. The van der Waals surface area contributed by atoms with E-state index in [1.807, 2.05) is 49.7 Å². The van der Waals surface area contributed by atoms with Crippen LogP contribution in [-0.2, 0) is 0 Å². The van der Waals surface area contributed by atoms with E-state index in [0.717, 1.165) is 27.8 Å². The third kappa shape index (κ3) is 4.05. The van der Waals surface area contributed by atoms with Gasteiger partial charge in [-0.25, -0.2) is 0 Å². The number of thiophene rings is 1. The maximum Gasteiger partial charge on any atom is 0.257 e. The van der Waals surface area contributed by atoms with Crippen LogP contribution in [0.3, 0.4) is 0 Å². The standard InChI is InChI=1S/C24H26N2O3S/c1-15-21(23(27)26(5)12-10-24(2,3)4)17-7-6-16(14-20(17)28-15)29-19-8-11-25-18-9-13-30-22(18)19/h6-9,11,13-14H,10,12H2,1-5H3. The Labute approximate surface area is 180 Å². The molecule has 6 heteroatoms. The van der Waals surface area contributed by atoms with Gasteiger partial charge in [0.1, 0.15) is 22.8 Å². The second kappa shape index (κ2) is 7.76. The van der Waals surface area contributed by atoms with Crippen molar-refractivity contribution < 1.29 is 13.9 Å². The molecule has 0 aliphatic rings. The van der Waals surface area contributed by atoms with Gasteiger partial charge in [0.05, 0.1) is 15.8 Å². The molecule has 30 heavy (non-hydrogen) atoms. The van der Waals surface area contributed by atoms with Crippen molar-refractivity contribution >= 4 is 38.4 Å². The van der Waals surface area contributed by atoms with E-state index in [2.05, 4.69) is 25.8 Å². The second-order valence-corrected chi connectivity index (χ2v) is 9.69. The van der Waals surface area contributed by atoms with Crippen LogP contribution in [0.15, 0.2) is 46.3 Å². The summed E-state index contributed by atoms with van der Waals surface area (Å²) in [6, 6.07) is 9.45. The molecule has 0 spiro atoms. The van der Waals surface area contributed by atoms with Crippen LogP contribution in [-0.4, -0.2) is 29.4 Å². The maximum atomic E-state index is 13.1. The summed E-state index contributed by atoms with van der Waals surface area (Å²) in [6.07, 6.45) is 2.68. The molecule has 0 fully saturated rings. The number of furan rings is 1. The van der Waals surface area contributed by atoms with Crippen molar-refractivity contribution in [1.82, 2.24) is 9.88 Å². The Hall–Kier alpha value is -2.86. The summed E-state index contributed by atoms with van der Waals surface area (Å²) in [7, 11) is 1.85. The van der Waals surface area contributed by atoms with Gasteiger partial charge in [0.2, 0.25) is 0 Å². The molecule has 0 radical (unpaired) electrons. The molecule has 0 saturated heterocycles. The Balaban J connectivity index is 1.61. The van der Waals surface area contributed by atoms with Gasteiger partial charge in [0.25, 0.3) is 5.91 Å². The Morgan fingerprint density at radius 3 is 2.80 bits per heavy atom. The van der Waals surface area contributed by atoms with E-state index in [0.29, 0.717) is 29.2 Å². The zero-order chi connectivity index (χ0) is 21.5. The number of ether oxygens (including phenoxy) is 1. The molecule has 0 saturated carbocycles. The van der Waals surface area contributed by atoms with Crippen molar-refractivity contribution in [2.45, 2.75) is 34.1 Å². The number of amides is 1. The third-order valence-corrected chi connectivity index (χ3v) is 6.05. The Kier molecular flexibility index (Phi) is 5.28. The first-order chi connectivity index (χ1) is 14.2. The summed E-state index contributed by atoms with van der Waals surface area (Å²) < 4.78 is 13.0. The highest BCUT2D eigenvalue weighted by Crippen LogP contribution is 2.35. The van der Waals surface area contributed by atoms with E-state index in [9.17, 15) is 4.79 Å². The third-order valence-electron chi connectivity index (χ3n) is 5.13. The Morgan fingerprint density at radius 2 is 2.03 bits per heavy atom. The van der Waals surface area contributed by atoms with Gasteiger partial charge in [0.15, 0.2) is 0 Å². The number of hydrogen-bond acceptors (Lipinski definition) is 5. The SMILES string of the molecule is Cc1oc2cc(Oc3ccnc4ccsc34)ccc2c1C(=O)N(C)CCC(C)(C)C. The molecule has 156 valence electrons. The van der Waals surface area contributed by atoms with Crippen molar-refractivity contribution in [3.05, 3.63) is 53.2 Å². The van der Waals surface area contributed by atoms with Gasteiger partial charge < -0.3 is 14.1 Å². The number of hydrogen-bond donors (Lipinski definition) is 0. The topological polar surface area (TPSA) is 55.6 Å². The molecule has 4 aromatic rings. The van der Waals surface area contributed by atoms with Crippen LogP contribution in [0.1, 0.15) is 43.3 Å². The van der Waals surface area contributed by atoms with Crippen molar-refractivity contribution in [2.75, 3.05) is 13.6 Å². The van der Waals surface area contributed by atoms with Gasteiger partial charge in [-0.2, -0.15) is 0 Å². The smallest absolute Gasteiger partial charge is 0.257 e. The predicted octanol–water partition coefficient (Wildman–Crippen LogP) is 6.65. The molecule has 0 unspecified atom stereocenters. The zero-order valence-corrected chi connectivity index (χ0v) is 18.8. The molecule has 0 atom stereocenters. The summed E-state index contributed by atoms with van der Waals surface area (Å²) in [5, 5.41) is 2.81. The number of fused-ring (bicyclic) bond motifs is 2. The fourth-order valence-corrected chi connectivity index (χ4v) is 4.18. The maximum absolute atomic E-state index is 13.1. The lowest BCUT2D eigenvalue weighted by molar-refractivity contribution is 0.0780. The Morgan fingerprint density at radius 1 is 1.23 bits per heavy atom. The number of carbonyl (C=O) groups is 1. The monoisotopic (exact) mass is 422 g/mol. The van der Waals surface area contributed by atoms with E-state index in [1.165, 1.54) is 0 Å². The highest BCUT2D eigenvalue weighted by molar-refractivity contribution is 7.17. The quantitative estimate of drug-likeness (QED) is 0.361. The van der Waals surface area contributed by atoms with Gasteiger partial charge in [-0.3, -0.25) is 9.78 Å². The minimum atomic E-state index is -0.0152. The number of rotatable bonds is 5. The van der Waals surface area contributed by atoms with Gasteiger partial charge >= 0.3 is 0 Å². The van der Waals surface area contributed by atoms with E-state index in [-0.39, 0.29) is 11.3 Å². The van der Waals surface area contributed by atoms with Crippen LogP contribution in [0.5, 0.6) is 11.5 Å². The van der Waals surface area contributed by atoms with Gasteiger partial charge in [0, 0.05) is 37.3 Å². The molecule has 5 nitrogen and oxygen atoms in total. The average molecular weight is 423 g/mol. The van der Waals surface area contributed by atoms with Crippen LogP contribution in [0.25, 0.3) is 21.2 Å². The molecule has 0 bridgehead atoms. The van der Waals surface area contributed by atoms with E-state index < -0.39 is 0 Å². The second-order valence-electron chi connectivity index (χ2n) is 8.77. The van der Waals surface area contributed by atoms with Crippen molar-refractivity contribution in [3.63, 3.8) is 0 Å². The zero-order valence-electron chi connectivity index (χ0n) is 18.0. The lowest BCUT2D eigenvalue weighted by Crippen LogP contribution is -2.30. The van der Waals surface area contributed by atoms with Crippen LogP contribution in [0, 0.1) is 12.3 Å². The first kappa shape index (κ1) is 20.4. The molecule has 0 N–H and O–H groups in total. The predicted molar refractivity (Wildman–Crippen MR) is 122 cm³/mol. The van der Waals surface area contributed by atoms with Crippen LogP contribution in [0.4, 0.5) is 0 Å². The highest BCUT2D eigenvalue weighted by atomic mass is 32.1. The minimum Gasteiger partial charge on any atom is -0.460 e. The van der Waals surface area contributed by atoms with Gasteiger partial charge in [-0.1, -0.05) is 20.8 Å². The first-order valence-electron chi connectivity index (χ1n) is 10.0. The summed E-state index contributed by atoms with van der Waals surface area (Å²) in [4.78, 5) is 19.2. The van der Waals surface area contributed by atoms with Crippen LogP contribution >= 0.6 is 11.3 Å². The Bertz CT molecular complexity index is 1220. The molecule has 0 aliphatic carbocycles. The van der Waals surface area contributed by atoms with Crippen LogP contribution < -0.4 is 4.74 Å². The summed E-state index contributed by atoms with van der Waals surface area (Å²) in [5.74, 6) is 2.03. The fourth-order valence-electron chi connectivity index (χ4n) is 3.38. The number of aromatic nitrogens is 1. The van der Waals surface area contributed by atoms with E-state index >= 15 is 0 Å². The van der Waals surface area contributed by atoms with Gasteiger partial charge in [-0.05, 0) is 42.3 Å². The number of nitrogens with zero attached hydrogens (tertiary/aromatic N) is 2. The highest BCUT2D eigenvalue weighted by Gasteiger charge is 2.23. The first-order valence-corrected chi connectivity index (χ1v) is 10.9. The molecule has 4 rings (SSSR count). The van der Waals surface area contributed by atoms with Crippen molar-refractivity contribution in [3.8, 4) is 11.5 Å². The van der Waals surface area contributed by atoms with Crippen molar-refractivity contribution in [2.24, 2.45) is 5.41 Å². The largest absolute Gasteiger partial charge is 0.460 e. The normalized spacial score (nSPS) is 11.9. The number of aryl methyl sites for hydroxylation is 1. The van der Waals surface area contributed by atoms with E-state index in [4.69, 9.17) is 9.15 Å². The molecular weight excluding hydrogens is 396 g/mol. The number of pyridine rings is 1. The minimum absolute atomic E-state index is 0.0152. The van der Waals surface area contributed by atoms with Crippen LogP contribution in [0.2, 0.25) is 0 Å². The molecule has 0 aliphatic heterocycles. The molecule has 3 heterocycles.